The fraction of sp³-hybridized carbons (Fsp3) is 0.217. The molecule has 1 fully saturated rings. The molecule has 0 saturated carbocycles. The van der Waals surface area contributed by atoms with Gasteiger partial charge in [0, 0.05) is 36.8 Å². The fourth-order valence-electron chi connectivity index (χ4n) is 3.81. The molecular formula is C23H22ClFN2. The van der Waals surface area contributed by atoms with Crippen LogP contribution in [0, 0.1) is 5.82 Å². The molecule has 0 unspecified atom stereocenters. The summed E-state index contributed by atoms with van der Waals surface area (Å²) in [5.41, 5.74) is 3.10. The summed E-state index contributed by atoms with van der Waals surface area (Å²) in [6.45, 7) is 3.34. The van der Waals surface area contributed by atoms with E-state index in [1.807, 2.05) is 36.4 Å². The van der Waals surface area contributed by atoms with Crippen molar-refractivity contribution < 1.29 is 4.39 Å². The Bertz CT molecular complexity index is 836. The van der Waals surface area contributed by atoms with Gasteiger partial charge in [-0.25, -0.2) is 4.39 Å². The van der Waals surface area contributed by atoms with E-state index in [1.54, 1.807) is 12.1 Å². The van der Waals surface area contributed by atoms with Gasteiger partial charge in [-0.15, -0.1) is 0 Å². The lowest BCUT2D eigenvalue weighted by molar-refractivity contribution is 0.122. The van der Waals surface area contributed by atoms with E-state index in [0.717, 1.165) is 26.2 Å². The molecular weight excluding hydrogens is 359 g/mol. The molecule has 4 rings (SSSR count). The molecule has 1 heterocycles. The lowest BCUT2D eigenvalue weighted by atomic mass is 10.1. The Labute approximate surface area is 164 Å². The second kappa shape index (κ2) is 8.22. The number of rotatable bonds is 5. The topological polar surface area (TPSA) is 6.48 Å². The molecule has 1 aliphatic heterocycles. The predicted octanol–water partition coefficient (Wildman–Crippen LogP) is 5.50. The van der Waals surface area contributed by atoms with Crippen molar-refractivity contribution in [2.24, 2.45) is 0 Å². The molecule has 0 N–H and O–H groups in total. The summed E-state index contributed by atoms with van der Waals surface area (Å²) in [5, 5.41) is 0.567. The van der Waals surface area contributed by atoms with Gasteiger partial charge in [-0.3, -0.25) is 9.80 Å². The molecule has 27 heavy (non-hydrogen) atoms. The predicted molar refractivity (Wildman–Crippen MR) is 108 cm³/mol. The van der Waals surface area contributed by atoms with Gasteiger partial charge < -0.3 is 0 Å². The van der Waals surface area contributed by atoms with Crippen molar-refractivity contribution in [3.8, 4) is 0 Å². The standard InChI is InChI=1S/C23H22ClFN2/c24-20-11-12-22(25)21(15-20)23-26(16-18-7-3-1-4-8-18)13-14-27(23)17-19-9-5-2-6-10-19/h1-12,15,23H,13-14,16-17H2. The Kier molecular flexibility index (Phi) is 5.53. The van der Waals surface area contributed by atoms with Crippen molar-refractivity contribution in [3.05, 3.63) is 106 Å². The van der Waals surface area contributed by atoms with Gasteiger partial charge in [-0.2, -0.15) is 0 Å². The first kappa shape index (κ1) is 18.2. The highest BCUT2D eigenvalue weighted by Gasteiger charge is 2.34. The number of hydrogen-bond donors (Lipinski definition) is 0. The molecule has 4 heteroatoms. The summed E-state index contributed by atoms with van der Waals surface area (Å²) in [4.78, 5) is 4.65. The van der Waals surface area contributed by atoms with Crippen molar-refractivity contribution in [1.29, 1.82) is 0 Å². The third kappa shape index (κ3) is 4.22. The van der Waals surface area contributed by atoms with Gasteiger partial charge in [-0.05, 0) is 29.3 Å². The molecule has 2 nitrogen and oxygen atoms in total. The molecule has 1 aliphatic rings. The van der Waals surface area contributed by atoms with Crippen molar-refractivity contribution in [1.82, 2.24) is 9.80 Å². The Morgan fingerprint density at radius 2 is 1.30 bits per heavy atom. The first-order chi connectivity index (χ1) is 13.2. The zero-order valence-electron chi connectivity index (χ0n) is 15.1. The smallest absolute Gasteiger partial charge is 0.129 e. The first-order valence-electron chi connectivity index (χ1n) is 9.21. The van der Waals surface area contributed by atoms with E-state index in [9.17, 15) is 4.39 Å². The maximum Gasteiger partial charge on any atom is 0.129 e. The molecule has 3 aromatic rings. The highest BCUT2D eigenvalue weighted by atomic mass is 35.5. The van der Waals surface area contributed by atoms with E-state index >= 15 is 0 Å². The quantitative estimate of drug-likeness (QED) is 0.577. The van der Waals surface area contributed by atoms with Crippen LogP contribution in [-0.2, 0) is 13.1 Å². The molecule has 0 radical (unpaired) electrons. The Hall–Kier alpha value is -2.20. The summed E-state index contributed by atoms with van der Waals surface area (Å²) < 4.78 is 14.7. The van der Waals surface area contributed by atoms with Gasteiger partial charge in [0.15, 0.2) is 0 Å². The molecule has 0 aliphatic carbocycles. The number of hydrogen-bond acceptors (Lipinski definition) is 2. The van der Waals surface area contributed by atoms with Crippen LogP contribution in [0.4, 0.5) is 4.39 Å². The van der Waals surface area contributed by atoms with Crippen LogP contribution < -0.4 is 0 Å². The normalized spacial score (nSPS) is 16.1. The van der Waals surface area contributed by atoms with E-state index in [0.29, 0.717) is 10.6 Å². The Morgan fingerprint density at radius 3 is 1.81 bits per heavy atom. The van der Waals surface area contributed by atoms with Crippen LogP contribution >= 0.6 is 11.6 Å². The van der Waals surface area contributed by atoms with Gasteiger partial charge in [-0.1, -0.05) is 72.3 Å². The minimum atomic E-state index is -0.206. The van der Waals surface area contributed by atoms with E-state index in [4.69, 9.17) is 11.6 Å². The van der Waals surface area contributed by atoms with Crippen molar-refractivity contribution >= 4 is 11.6 Å². The average Bonchev–Trinajstić information content (AvgIpc) is 3.07. The molecule has 0 amide bonds. The third-order valence-corrected chi connectivity index (χ3v) is 5.29. The largest absolute Gasteiger partial charge is 0.278 e. The van der Waals surface area contributed by atoms with Gasteiger partial charge in [0.1, 0.15) is 5.82 Å². The first-order valence-corrected chi connectivity index (χ1v) is 9.59. The molecule has 0 bridgehead atoms. The number of benzene rings is 3. The van der Waals surface area contributed by atoms with Crippen LogP contribution in [0.5, 0.6) is 0 Å². The summed E-state index contributed by atoms with van der Waals surface area (Å²) in [6, 6.07) is 25.5. The maximum absolute atomic E-state index is 14.7. The summed E-state index contributed by atoms with van der Waals surface area (Å²) in [7, 11) is 0. The lowest BCUT2D eigenvalue weighted by Crippen LogP contribution is -2.31. The molecule has 3 aromatic carbocycles. The third-order valence-electron chi connectivity index (χ3n) is 5.06. The van der Waals surface area contributed by atoms with Gasteiger partial charge in [0.05, 0.1) is 6.17 Å². The van der Waals surface area contributed by atoms with Crippen LogP contribution in [0.15, 0.2) is 78.9 Å². The van der Waals surface area contributed by atoms with Crippen LogP contribution in [0.2, 0.25) is 5.02 Å². The van der Waals surface area contributed by atoms with E-state index in [2.05, 4.69) is 34.1 Å². The Balaban J connectivity index is 1.66. The minimum Gasteiger partial charge on any atom is -0.278 e. The van der Waals surface area contributed by atoms with Crippen molar-refractivity contribution in [2.75, 3.05) is 13.1 Å². The van der Waals surface area contributed by atoms with Crippen LogP contribution in [-0.4, -0.2) is 22.9 Å². The van der Waals surface area contributed by atoms with E-state index in [-0.39, 0.29) is 12.0 Å². The van der Waals surface area contributed by atoms with E-state index in [1.165, 1.54) is 17.2 Å². The number of nitrogens with zero attached hydrogens (tertiary/aromatic N) is 2. The van der Waals surface area contributed by atoms with Gasteiger partial charge >= 0.3 is 0 Å². The van der Waals surface area contributed by atoms with Crippen LogP contribution in [0.3, 0.4) is 0 Å². The summed E-state index contributed by atoms with van der Waals surface area (Å²) in [5.74, 6) is -0.206. The van der Waals surface area contributed by atoms with Crippen LogP contribution in [0.25, 0.3) is 0 Å². The molecule has 0 aromatic heterocycles. The SMILES string of the molecule is Fc1ccc(Cl)cc1C1N(Cc2ccccc2)CCN1Cc1ccccc1. The highest BCUT2D eigenvalue weighted by molar-refractivity contribution is 6.30. The average molecular weight is 381 g/mol. The highest BCUT2D eigenvalue weighted by Crippen LogP contribution is 2.35. The second-order valence-corrected chi connectivity index (χ2v) is 7.39. The minimum absolute atomic E-state index is 0.135. The monoisotopic (exact) mass is 380 g/mol. The Morgan fingerprint density at radius 1 is 0.778 bits per heavy atom. The molecule has 1 saturated heterocycles. The summed E-state index contributed by atoms with van der Waals surface area (Å²) in [6.07, 6.45) is -0.135. The zero-order valence-corrected chi connectivity index (χ0v) is 15.8. The zero-order chi connectivity index (χ0) is 18.6. The van der Waals surface area contributed by atoms with Gasteiger partial charge in [0.2, 0.25) is 0 Å². The van der Waals surface area contributed by atoms with Crippen LogP contribution in [0.1, 0.15) is 22.9 Å². The fourth-order valence-corrected chi connectivity index (χ4v) is 3.99. The molecule has 138 valence electrons. The lowest BCUT2D eigenvalue weighted by Gasteiger charge is -2.31. The number of halogens is 2. The van der Waals surface area contributed by atoms with Crippen molar-refractivity contribution in [2.45, 2.75) is 19.3 Å². The van der Waals surface area contributed by atoms with Gasteiger partial charge in [0.25, 0.3) is 0 Å². The van der Waals surface area contributed by atoms with Crippen molar-refractivity contribution in [3.63, 3.8) is 0 Å². The summed E-state index contributed by atoms with van der Waals surface area (Å²) >= 11 is 6.21. The second-order valence-electron chi connectivity index (χ2n) is 6.95. The van der Waals surface area contributed by atoms with E-state index < -0.39 is 0 Å². The molecule has 0 atom stereocenters. The molecule has 0 spiro atoms. The maximum atomic E-state index is 14.7.